The lowest BCUT2D eigenvalue weighted by molar-refractivity contribution is -0.117. The molecule has 0 heterocycles. The van der Waals surface area contributed by atoms with E-state index in [-0.39, 0.29) is 11.6 Å². The summed E-state index contributed by atoms with van der Waals surface area (Å²) in [6.07, 6.45) is 1.46. The summed E-state index contributed by atoms with van der Waals surface area (Å²) in [6.45, 7) is 3.65. The van der Waals surface area contributed by atoms with Crippen LogP contribution < -0.4 is 10.1 Å². The maximum absolute atomic E-state index is 11.8. The summed E-state index contributed by atoms with van der Waals surface area (Å²) in [5.41, 5.74) is 0.597. The number of nitrogens with zero attached hydrogens (tertiary/aromatic N) is 1. The molecule has 0 spiro atoms. The van der Waals surface area contributed by atoms with Crippen molar-refractivity contribution in [2.75, 3.05) is 7.11 Å². The molecule has 0 saturated heterocycles. The van der Waals surface area contributed by atoms with Crippen molar-refractivity contribution in [2.24, 2.45) is 0 Å². The van der Waals surface area contributed by atoms with Gasteiger partial charge in [0.1, 0.15) is 17.4 Å². The molecule has 1 amide bonds. The number of ether oxygens (including phenoxy) is 1. The van der Waals surface area contributed by atoms with Crippen molar-refractivity contribution in [3.05, 3.63) is 34.4 Å². The highest BCUT2D eigenvalue weighted by Crippen LogP contribution is 2.24. The van der Waals surface area contributed by atoms with Crippen LogP contribution >= 0.6 is 11.6 Å². The number of methoxy groups -OCH3 is 1. The average molecular weight is 279 g/mol. The van der Waals surface area contributed by atoms with Crippen molar-refractivity contribution in [3.63, 3.8) is 0 Å². The first-order chi connectivity index (χ1) is 8.97. The Bertz CT molecular complexity index is 545. The second-order valence-electron chi connectivity index (χ2n) is 4.18. The maximum atomic E-state index is 11.8. The van der Waals surface area contributed by atoms with Gasteiger partial charge in [0.15, 0.2) is 0 Å². The highest BCUT2D eigenvalue weighted by atomic mass is 35.5. The molecular weight excluding hydrogens is 264 g/mol. The summed E-state index contributed by atoms with van der Waals surface area (Å²) in [7, 11) is 1.51. The van der Waals surface area contributed by atoms with Gasteiger partial charge in [-0.25, -0.2) is 0 Å². The van der Waals surface area contributed by atoms with E-state index in [1.165, 1.54) is 13.2 Å². The van der Waals surface area contributed by atoms with Crippen molar-refractivity contribution in [3.8, 4) is 11.8 Å². The molecule has 0 aliphatic rings. The Morgan fingerprint density at radius 1 is 1.53 bits per heavy atom. The molecule has 1 aromatic rings. The zero-order valence-corrected chi connectivity index (χ0v) is 11.8. The normalized spacial score (nSPS) is 11.1. The van der Waals surface area contributed by atoms with E-state index < -0.39 is 5.91 Å². The number of rotatable bonds is 4. The van der Waals surface area contributed by atoms with Crippen LogP contribution in [-0.4, -0.2) is 19.1 Å². The second kappa shape index (κ2) is 6.81. The van der Waals surface area contributed by atoms with E-state index in [0.717, 1.165) is 0 Å². The molecule has 0 saturated carbocycles. The molecule has 1 rings (SSSR count). The number of hydrogen-bond donors (Lipinski definition) is 1. The lowest BCUT2D eigenvalue weighted by Crippen LogP contribution is -2.30. The molecule has 100 valence electrons. The first-order valence-electron chi connectivity index (χ1n) is 5.74. The van der Waals surface area contributed by atoms with Gasteiger partial charge in [-0.15, -0.1) is 0 Å². The number of benzene rings is 1. The number of halogens is 1. The largest absolute Gasteiger partial charge is 0.496 e. The summed E-state index contributed by atoms with van der Waals surface area (Å²) in [5.74, 6) is 0.133. The first kappa shape index (κ1) is 15.1. The molecule has 19 heavy (non-hydrogen) atoms. The summed E-state index contributed by atoms with van der Waals surface area (Å²) in [6, 6.07) is 6.84. The second-order valence-corrected chi connectivity index (χ2v) is 4.62. The zero-order valence-electron chi connectivity index (χ0n) is 11.0. The topological polar surface area (TPSA) is 62.1 Å². The third-order valence-corrected chi connectivity index (χ3v) is 2.51. The molecular formula is C14H15ClN2O2. The number of hydrogen-bond acceptors (Lipinski definition) is 3. The van der Waals surface area contributed by atoms with E-state index in [2.05, 4.69) is 5.32 Å². The van der Waals surface area contributed by atoms with Crippen LogP contribution in [0.5, 0.6) is 5.75 Å². The van der Waals surface area contributed by atoms with Crippen LogP contribution in [0.25, 0.3) is 6.08 Å². The Kier molecular flexibility index (Phi) is 5.40. The van der Waals surface area contributed by atoms with E-state index >= 15 is 0 Å². The Morgan fingerprint density at radius 2 is 2.21 bits per heavy atom. The lowest BCUT2D eigenvalue weighted by Gasteiger charge is -2.08. The molecule has 0 atom stereocenters. The van der Waals surface area contributed by atoms with Gasteiger partial charge in [0.2, 0.25) is 0 Å². The standard InChI is InChI=1S/C14H15ClN2O2/c1-9(2)17-14(18)11(8-16)6-10-7-12(15)4-5-13(10)19-3/h4-7,9H,1-3H3,(H,17,18). The Labute approximate surface area is 117 Å². The number of carbonyl (C=O) groups excluding carboxylic acids is 1. The molecule has 0 radical (unpaired) electrons. The van der Waals surface area contributed by atoms with E-state index in [1.807, 2.05) is 19.9 Å². The quantitative estimate of drug-likeness (QED) is 0.680. The van der Waals surface area contributed by atoms with Crippen LogP contribution in [0, 0.1) is 11.3 Å². The van der Waals surface area contributed by atoms with Crippen LogP contribution in [0.15, 0.2) is 23.8 Å². The molecule has 1 N–H and O–H groups in total. The van der Waals surface area contributed by atoms with E-state index in [9.17, 15) is 4.79 Å². The summed E-state index contributed by atoms with van der Waals surface area (Å²) < 4.78 is 5.16. The highest BCUT2D eigenvalue weighted by molar-refractivity contribution is 6.30. The predicted octanol–water partition coefficient (Wildman–Crippen LogP) is 2.78. The molecule has 0 fully saturated rings. The Hall–Kier alpha value is -1.99. The van der Waals surface area contributed by atoms with Crippen molar-refractivity contribution < 1.29 is 9.53 Å². The maximum Gasteiger partial charge on any atom is 0.262 e. The molecule has 0 unspecified atom stereocenters. The van der Waals surface area contributed by atoms with Gasteiger partial charge in [-0.3, -0.25) is 4.79 Å². The third kappa shape index (κ3) is 4.31. The Balaban J connectivity index is 3.14. The first-order valence-corrected chi connectivity index (χ1v) is 6.12. The van der Waals surface area contributed by atoms with Gasteiger partial charge in [-0.05, 0) is 38.1 Å². The number of carbonyl (C=O) groups is 1. The SMILES string of the molecule is COc1ccc(Cl)cc1C=C(C#N)C(=O)NC(C)C. The molecule has 0 aromatic heterocycles. The number of nitrogens with one attached hydrogen (secondary N) is 1. The van der Waals surface area contributed by atoms with Crippen LogP contribution in [0.2, 0.25) is 5.02 Å². The molecule has 1 aromatic carbocycles. The lowest BCUT2D eigenvalue weighted by atomic mass is 10.1. The van der Waals surface area contributed by atoms with Crippen molar-refractivity contribution in [2.45, 2.75) is 19.9 Å². The molecule has 0 aliphatic heterocycles. The third-order valence-electron chi connectivity index (χ3n) is 2.28. The van der Waals surface area contributed by atoms with Gasteiger partial charge in [-0.2, -0.15) is 5.26 Å². The molecule has 0 aliphatic carbocycles. The summed E-state index contributed by atoms with van der Waals surface area (Å²) in [4.78, 5) is 11.8. The monoisotopic (exact) mass is 278 g/mol. The molecule has 4 nitrogen and oxygen atoms in total. The average Bonchev–Trinajstić information content (AvgIpc) is 2.35. The van der Waals surface area contributed by atoms with E-state index in [0.29, 0.717) is 16.3 Å². The van der Waals surface area contributed by atoms with Gasteiger partial charge in [0.25, 0.3) is 5.91 Å². The minimum Gasteiger partial charge on any atom is -0.496 e. The van der Waals surface area contributed by atoms with Crippen LogP contribution in [0.1, 0.15) is 19.4 Å². The van der Waals surface area contributed by atoms with Crippen molar-refractivity contribution in [1.82, 2.24) is 5.32 Å². The fourth-order valence-electron chi connectivity index (χ4n) is 1.46. The highest BCUT2D eigenvalue weighted by Gasteiger charge is 2.11. The van der Waals surface area contributed by atoms with Gasteiger partial charge >= 0.3 is 0 Å². The number of nitriles is 1. The van der Waals surface area contributed by atoms with Gasteiger partial charge in [0.05, 0.1) is 7.11 Å². The van der Waals surface area contributed by atoms with Crippen LogP contribution in [-0.2, 0) is 4.79 Å². The Morgan fingerprint density at radius 3 is 2.74 bits per heavy atom. The smallest absolute Gasteiger partial charge is 0.262 e. The van der Waals surface area contributed by atoms with Crippen LogP contribution in [0.4, 0.5) is 0 Å². The zero-order chi connectivity index (χ0) is 14.4. The predicted molar refractivity (Wildman–Crippen MR) is 74.9 cm³/mol. The van der Waals surface area contributed by atoms with E-state index in [1.54, 1.807) is 18.2 Å². The van der Waals surface area contributed by atoms with Crippen molar-refractivity contribution in [1.29, 1.82) is 5.26 Å². The number of amides is 1. The van der Waals surface area contributed by atoms with Crippen LogP contribution in [0.3, 0.4) is 0 Å². The van der Waals surface area contributed by atoms with Gasteiger partial charge in [-0.1, -0.05) is 11.6 Å². The van der Waals surface area contributed by atoms with Gasteiger partial charge in [0, 0.05) is 16.6 Å². The molecule has 0 bridgehead atoms. The molecule has 5 heteroatoms. The summed E-state index contributed by atoms with van der Waals surface area (Å²) in [5, 5.41) is 12.2. The fourth-order valence-corrected chi connectivity index (χ4v) is 1.64. The minimum absolute atomic E-state index is 0.00858. The van der Waals surface area contributed by atoms with Crippen molar-refractivity contribution >= 4 is 23.6 Å². The van der Waals surface area contributed by atoms with Gasteiger partial charge < -0.3 is 10.1 Å². The minimum atomic E-state index is -0.417. The fraction of sp³-hybridized carbons (Fsp3) is 0.286. The summed E-state index contributed by atoms with van der Waals surface area (Å²) >= 11 is 5.90. The van der Waals surface area contributed by atoms with E-state index in [4.69, 9.17) is 21.6 Å².